The number of alkyl carbamates (subject to hydrolysis) is 2. The number of nitrogens with zero attached hydrogens (tertiary/aromatic N) is 5. The second-order valence-corrected chi connectivity index (χ2v) is 16.1. The predicted octanol–water partition coefficient (Wildman–Crippen LogP) is 7.21. The molecule has 4 amide bonds. The standard InChI is InChI=1S/C47H49N9O6/c1-61-46(59)52-39(28-11-5-3-6-12-28)44(57)55-21-9-15-37(55)42-49-27-36(51-42)33-20-19-30-23-32(18-17-31(30)24-33)34-25-35-41(48-26-34)54-43(50-35)38-16-10-22-56(38)45(58)40(53-47(60)62-2)29-13-7-4-8-14-29/h5-8,11-14,17-20,23-29,37-40H,3-4,9-10,15-16,21-22H2,1-2H3,(H,49,51)(H,52,59)(H,53,60)(H,48,50,54)/t37-,38-,39-,40-/m0/s1. The third-order valence-corrected chi connectivity index (χ3v) is 12.3. The Kier molecular flexibility index (Phi) is 11.4. The molecule has 5 aromatic rings. The molecule has 2 saturated heterocycles. The van der Waals surface area contributed by atoms with Crippen LogP contribution in [0.15, 0.2) is 103 Å². The number of imidazole rings is 2. The van der Waals surface area contributed by atoms with Gasteiger partial charge in [-0.3, -0.25) is 9.59 Å². The van der Waals surface area contributed by atoms with Gasteiger partial charge in [-0.2, -0.15) is 0 Å². The van der Waals surface area contributed by atoms with Crippen molar-refractivity contribution in [1.82, 2.24) is 45.4 Å². The molecule has 0 spiro atoms. The summed E-state index contributed by atoms with van der Waals surface area (Å²) in [5, 5.41) is 7.63. The predicted molar refractivity (Wildman–Crippen MR) is 233 cm³/mol. The summed E-state index contributed by atoms with van der Waals surface area (Å²) in [6, 6.07) is 12.5. The molecule has 15 heteroatoms. The number of ether oxygens (including phenoxy) is 2. The maximum Gasteiger partial charge on any atom is 0.407 e. The number of methoxy groups -OCH3 is 2. The smallest absolute Gasteiger partial charge is 0.407 e. The lowest BCUT2D eigenvalue weighted by molar-refractivity contribution is -0.135. The Bertz CT molecular complexity index is 2620. The number of hydrogen-bond donors (Lipinski definition) is 4. The van der Waals surface area contributed by atoms with Crippen molar-refractivity contribution in [3.63, 3.8) is 0 Å². The molecule has 2 aliphatic heterocycles. The van der Waals surface area contributed by atoms with Crippen LogP contribution in [-0.4, -0.2) is 98.1 Å². The first kappa shape index (κ1) is 40.4. The van der Waals surface area contributed by atoms with Crippen LogP contribution in [0, 0.1) is 11.8 Å². The normalized spacial score (nSPS) is 19.9. The molecule has 15 nitrogen and oxygen atoms in total. The van der Waals surface area contributed by atoms with Gasteiger partial charge in [-0.05, 0) is 73.1 Å². The maximum absolute atomic E-state index is 14.0. The minimum absolute atomic E-state index is 0.168. The highest BCUT2D eigenvalue weighted by atomic mass is 16.5. The van der Waals surface area contributed by atoms with Crippen LogP contribution >= 0.6 is 0 Å². The van der Waals surface area contributed by atoms with E-state index in [-0.39, 0.29) is 35.7 Å². The molecule has 0 bridgehead atoms. The first-order chi connectivity index (χ1) is 30.3. The van der Waals surface area contributed by atoms with Gasteiger partial charge in [0, 0.05) is 42.2 Å². The van der Waals surface area contributed by atoms with E-state index in [9.17, 15) is 19.2 Å². The SMILES string of the molecule is COC(=O)N[C@H](C(=O)N1CCC[C@H]1c1ncc(-c2ccc3cc(-c4cnc5nc([C@@H]6CCCN6C(=O)[C@@H](NC(=O)OC)C6C=CCC=C6)[nH]c5c4)ccc3c2)[nH]1)C1C=CCC=C1. The number of pyridine rings is 1. The fourth-order valence-corrected chi connectivity index (χ4v) is 9.16. The Morgan fingerprint density at radius 3 is 1.79 bits per heavy atom. The minimum atomic E-state index is -0.801. The molecule has 4 atom stereocenters. The van der Waals surface area contributed by atoms with Crippen molar-refractivity contribution in [3.05, 3.63) is 115 Å². The van der Waals surface area contributed by atoms with Gasteiger partial charge in [0.25, 0.3) is 0 Å². The molecule has 2 aliphatic carbocycles. The van der Waals surface area contributed by atoms with Gasteiger partial charge in [0.1, 0.15) is 23.7 Å². The monoisotopic (exact) mass is 835 g/mol. The summed E-state index contributed by atoms with van der Waals surface area (Å²) < 4.78 is 9.72. The van der Waals surface area contributed by atoms with Crippen molar-refractivity contribution in [2.45, 2.75) is 62.7 Å². The van der Waals surface area contributed by atoms with Crippen LogP contribution < -0.4 is 10.6 Å². The number of carbonyl (C=O) groups is 4. The first-order valence-electron chi connectivity index (χ1n) is 21.2. The summed E-state index contributed by atoms with van der Waals surface area (Å²) in [6.07, 6.45) is 22.8. The van der Waals surface area contributed by atoms with Gasteiger partial charge in [0.2, 0.25) is 11.8 Å². The van der Waals surface area contributed by atoms with Crippen molar-refractivity contribution in [3.8, 4) is 22.4 Å². The summed E-state index contributed by atoms with van der Waals surface area (Å²) in [5.74, 6) is 0.467. The van der Waals surface area contributed by atoms with Crippen molar-refractivity contribution in [2.75, 3.05) is 27.3 Å². The van der Waals surface area contributed by atoms with Crippen LogP contribution in [0.5, 0.6) is 0 Å². The second-order valence-electron chi connectivity index (χ2n) is 16.1. The lowest BCUT2D eigenvalue weighted by Crippen LogP contribution is -2.51. The van der Waals surface area contributed by atoms with Gasteiger partial charge in [-0.25, -0.2) is 24.5 Å². The number of allylic oxidation sites excluding steroid dienone is 4. The van der Waals surface area contributed by atoms with Crippen LogP contribution in [-0.2, 0) is 19.1 Å². The Labute approximate surface area is 358 Å². The number of aromatic nitrogens is 5. The quantitative estimate of drug-likeness (QED) is 0.106. The average Bonchev–Trinajstić information content (AvgIpc) is 4.16. The van der Waals surface area contributed by atoms with E-state index in [2.05, 4.69) is 57.0 Å². The Hall–Kier alpha value is -7.03. The highest BCUT2D eigenvalue weighted by molar-refractivity contribution is 5.92. The van der Waals surface area contributed by atoms with E-state index < -0.39 is 24.3 Å². The van der Waals surface area contributed by atoms with Gasteiger partial charge in [0.15, 0.2) is 5.65 Å². The van der Waals surface area contributed by atoms with Gasteiger partial charge < -0.3 is 39.9 Å². The summed E-state index contributed by atoms with van der Waals surface area (Å²) >= 11 is 0. The van der Waals surface area contributed by atoms with E-state index in [1.807, 2.05) is 72.0 Å². The molecule has 4 N–H and O–H groups in total. The largest absolute Gasteiger partial charge is 0.453 e. The number of benzene rings is 2. The number of likely N-dealkylation sites (tertiary alicyclic amines) is 2. The number of amides is 4. The molecule has 62 heavy (non-hydrogen) atoms. The molecule has 0 unspecified atom stereocenters. The lowest BCUT2D eigenvalue weighted by atomic mass is 9.93. The minimum Gasteiger partial charge on any atom is -0.453 e. The first-order valence-corrected chi connectivity index (χ1v) is 21.2. The van der Waals surface area contributed by atoms with Crippen LogP contribution in [0.1, 0.15) is 62.3 Å². The number of hydrogen-bond acceptors (Lipinski definition) is 9. The van der Waals surface area contributed by atoms with Crippen molar-refractivity contribution >= 4 is 45.9 Å². The lowest BCUT2D eigenvalue weighted by Gasteiger charge is -2.31. The summed E-state index contributed by atoms with van der Waals surface area (Å²) in [4.78, 5) is 77.5. The molecule has 2 aromatic carbocycles. The highest BCUT2D eigenvalue weighted by Gasteiger charge is 2.40. The highest BCUT2D eigenvalue weighted by Crippen LogP contribution is 2.36. The van der Waals surface area contributed by atoms with Crippen LogP contribution in [0.4, 0.5) is 9.59 Å². The molecule has 0 saturated carbocycles. The fourth-order valence-electron chi connectivity index (χ4n) is 9.16. The molecule has 318 valence electrons. The number of aromatic amines is 2. The Morgan fingerprint density at radius 1 is 0.661 bits per heavy atom. The number of carbonyl (C=O) groups excluding carboxylic acids is 4. The number of rotatable bonds is 10. The van der Waals surface area contributed by atoms with Crippen molar-refractivity contribution in [1.29, 1.82) is 0 Å². The van der Waals surface area contributed by atoms with Crippen molar-refractivity contribution in [2.24, 2.45) is 11.8 Å². The molecular weight excluding hydrogens is 787 g/mol. The van der Waals surface area contributed by atoms with Gasteiger partial charge >= 0.3 is 12.2 Å². The van der Waals surface area contributed by atoms with E-state index in [0.717, 1.165) is 77.2 Å². The van der Waals surface area contributed by atoms with Crippen molar-refractivity contribution < 1.29 is 28.7 Å². The molecule has 5 heterocycles. The fraction of sp³-hybridized carbons (Fsp3) is 0.340. The molecule has 9 rings (SSSR count). The average molecular weight is 836 g/mol. The summed E-state index contributed by atoms with van der Waals surface area (Å²) in [6.45, 7) is 1.12. The van der Waals surface area contributed by atoms with E-state index >= 15 is 0 Å². The second kappa shape index (κ2) is 17.5. The van der Waals surface area contributed by atoms with Gasteiger partial charge in [-0.15, -0.1) is 0 Å². The van der Waals surface area contributed by atoms with Gasteiger partial charge in [0.05, 0.1) is 43.7 Å². The summed E-state index contributed by atoms with van der Waals surface area (Å²) in [5.41, 5.74) is 5.06. The molecule has 3 aromatic heterocycles. The van der Waals surface area contributed by atoms with E-state index in [1.165, 1.54) is 14.2 Å². The maximum atomic E-state index is 14.0. The Balaban J connectivity index is 0.908. The molecular formula is C47H49N9O6. The van der Waals surface area contributed by atoms with Crippen LogP contribution in [0.25, 0.3) is 44.3 Å². The zero-order valence-electron chi connectivity index (χ0n) is 34.6. The number of H-pyrrole nitrogens is 2. The van der Waals surface area contributed by atoms with E-state index in [1.54, 1.807) is 4.90 Å². The molecule has 2 fully saturated rings. The molecule has 0 radical (unpaired) electrons. The molecule has 4 aliphatic rings. The van der Waals surface area contributed by atoms with Crippen LogP contribution in [0.2, 0.25) is 0 Å². The van der Waals surface area contributed by atoms with E-state index in [0.29, 0.717) is 30.4 Å². The zero-order valence-corrected chi connectivity index (χ0v) is 34.6. The number of nitrogens with one attached hydrogen (secondary N) is 4. The Morgan fingerprint density at radius 2 is 1.21 bits per heavy atom. The third kappa shape index (κ3) is 8.09. The van der Waals surface area contributed by atoms with E-state index in [4.69, 9.17) is 24.4 Å². The number of fused-ring (bicyclic) bond motifs is 2. The zero-order chi connectivity index (χ0) is 42.7. The van der Waals surface area contributed by atoms with Crippen LogP contribution in [0.3, 0.4) is 0 Å². The third-order valence-electron chi connectivity index (χ3n) is 12.3. The summed E-state index contributed by atoms with van der Waals surface area (Å²) in [7, 11) is 2.59. The topological polar surface area (TPSA) is 188 Å². The van der Waals surface area contributed by atoms with Gasteiger partial charge in [-0.1, -0.05) is 72.9 Å².